The molecule has 4 nitrogen and oxygen atoms in total. The third-order valence-electron chi connectivity index (χ3n) is 2.64. The van der Waals surface area contributed by atoms with E-state index in [9.17, 15) is 14.0 Å². The Balaban J connectivity index is 3.00. The average molecular weight is 334 g/mol. The molecular weight excluding hydrogens is 317 g/mol. The molecule has 7 heteroatoms. The number of esters is 1. The summed E-state index contributed by atoms with van der Waals surface area (Å²) in [6.45, 7) is 5.07. The van der Waals surface area contributed by atoms with Crippen LogP contribution in [0.2, 0.25) is 5.02 Å². The lowest BCUT2D eigenvalue weighted by Crippen LogP contribution is -2.19. The number of thioether (sulfide) groups is 1. The second-order valence-electron chi connectivity index (χ2n) is 4.69. The molecule has 0 saturated heterocycles. The lowest BCUT2D eigenvalue weighted by atomic mass is 10.2. The van der Waals surface area contributed by atoms with Gasteiger partial charge in [-0.3, -0.25) is 9.59 Å². The van der Waals surface area contributed by atoms with Crippen molar-refractivity contribution in [2.24, 2.45) is 5.92 Å². The van der Waals surface area contributed by atoms with E-state index in [1.807, 2.05) is 0 Å². The predicted molar refractivity (Wildman–Crippen MR) is 82.2 cm³/mol. The Morgan fingerprint density at radius 3 is 2.48 bits per heavy atom. The van der Waals surface area contributed by atoms with Crippen molar-refractivity contribution in [1.29, 1.82) is 0 Å². The zero-order chi connectivity index (χ0) is 16.2. The van der Waals surface area contributed by atoms with Crippen LogP contribution in [-0.2, 0) is 14.3 Å². The maximum absolute atomic E-state index is 13.8. The summed E-state index contributed by atoms with van der Waals surface area (Å²) >= 11 is 7.10. The van der Waals surface area contributed by atoms with Crippen molar-refractivity contribution in [2.75, 3.05) is 12.4 Å². The Hall–Kier alpha value is -1.27. The van der Waals surface area contributed by atoms with E-state index < -0.39 is 17.0 Å². The summed E-state index contributed by atoms with van der Waals surface area (Å²) in [5.41, 5.74) is 0.0395. The highest BCUT2D eigenvalue weighted by molar-refractivity contribution is 8.00. The van der Waals surface area contributed by atoms with Crippen molar-refractivity contribution in [2.45, 2.75) is 30.9 Å². The molecule has 1 atom stereocenters. The summed E-state index contributed by atoms with van der Waals surface area (Å²) in [5.74, 6) is -1.60. The molecular formula is C14H17ClFNO3S. The minimum atomic E-state index is -0.621. The fraction of sp³-hybridized carbons (Fsp3) is 0.429. The van der Waals surface area contributed by atoms with Crippen molar-refractivity contribution in [3.8, 4) is 0 Å². The van der Waals surface area contributed by atoms with Crippen LogP contribution in [0.4, 0.5) is 10.1 Å². The minimum Gasteiger partial charge on any atom is -0.468 e. The van der Waals surface area contributed by atoms with Gasteiger partial charge in [0, 0.05) is 10.8 Å². The lowest BCUT2D eigenvalue weighted by Gasteiger charge is -2.14. The summed E-state index contributed by atoms with van der Waals surface area (Å²) in [7, 11) is 1.29. The minimum absolute atomic E-state index is 0.0395. The van der Waals surface area contributed by atoms with Crippen LogP contribution >= 0.6 is 23.4 Å². The summed E-state index contributed by atoms with van der Waals surface area (Å²) in [5, 5.41) is 2.17. The summed E-state index contributed by atoms with van der Waals surface area (Å²) in [6.07, 6.45) is 0. The van der Waals surface area contributed by atoms with Gasteiger partial charge in [-0.1, -0.05) is 25.4 Å². The van der Waals surface area contributed by atoms with Crippen LogP contribution in [0.1, 0.15) is 20.8 Å². The monoisotopic (exact) mass is 333 g/mol. The van der Waals surface area contributed by atoms with Gasteiger partial charge >= 0.3 is 5.97 Å². The number of hydrogen-bond acceptors (Lipinski definition) is 4. The summed E-state index contributed by atoms with van der Waals surface area (Å²) < 4.78 is 18.4. The first-order valence-corrected chi connectivity index (χ1v) is 7.56. The first-order valence-electron chi connectivity index (χ1n) is 6.30. The van der Waals surface area contributed by atoms with Crippen LogP contribution < -0.4 is 5.32 Å². The van der Waals surface area contributed by atoms with Crippen LogP contribution in [0, 0.1) is 11.7 Å². The maximum Gasteiger partial charge on any atom is 0.318 e. The molecule has 0 fully saturated rings. The fourth-order valence-electron chi connectivity index (χ4n) is 1.40. The van der Waals surface area contributed by atoms with Gasteiger partial charge in [0.25, 0.3) is 0 Å². The Kier molecular flexibility index (Phi) is 6.48. The van der Waals surface area contributed by atoms with Gasteiger partial charge in [-0.05, 0) is 19.1 Å². The zero-order valence-corrected chi connectivity index (χ0v) is 13.8. The van der Waals surface area contributed by atoms with Crippen LogP contribution in [0.5, 0.6) is 0 Å². The van der Waals surface area contributed by atoms with Crippen molar-refractivity contribution in [3.05, 3.63) is 23.0 Å². The molecule has 0 saturated carbocycles. The van der Waals surface area contributed by atoms with E-state index in [1.54, 1.807) is 20.8 Å². The zero-order valence-electron chi connectivity index (χ0n) is 12.2. The van der Waals surface area contributed by atoms with Crippen molar-refractivity contribution >= 4 is 40.9 Å². The number of ether oxygens (including phenoxy) is 1. The van der Waals surface area contributed by atoms with E-state index in [4.69, 9.17) is 11.6 Å². The van der Waals surface area contributed by atoms with E-state index in [2.05, 4.69) is 10.1 Å². The van der Waals surface area contributed by atoms with Gasteiger partial charge < -0.3 is 10.1 Å². The Morgan fingerprint density at radius 1 is 1.33 bits per heavy atom. The number of carbonyl (C=O) groups is 2. The van der Waals surface area contributed by atoms with E-state index in [-0.39, 0.29) is 22.5 Å². The molecule has 0 aliphatic rings. The number of amides is 1. The molecule has 0 spiro atoms. The standard InChI is InChI=1S/C14H17ClFNO3S/c1-7(2)13(18)17-11-6-12(9(15)5-10(11)16)21-8(3)14(19)20-4/h5-8H,1-4H3,(H,17,18). The quantitative estimate of drug-likeness (QED) is 0.659. The normalized spacial score (nSPS) is 12.1. The number of benzene rings is 1. The molecule has 1 amide bonds. The van der Waals surface area contributed by atoms with Gasteiger partial charge in [0.05, 0.1) is 17.8 Å². The second kappa shape index (κ2) is 7.66. The lowest BCUT2D eigenvalue weighted by molar-refractivity contribution is -0.139. The SMILES string of the molecule is COC(=O)C(C)Sc1cc(NC(=O)C(C)C)c(F)cc1Cl. The highest BCUT2D eigenvalue weighted by Gasteiger charge is 2.19. The van der Waals surface area contributed by atoms with Gasteiger partial charge in [-0.2, -0.15) is 0 Å². The van der Waals surface area contributed by atoms with E-state index in [0.29, 0.717) is 4.90 Å². The Bertz CT molecular complexity index is 551. The highest BCUT2D eigenvalue weighted by Crippen LogP contribution is 2.34. The molecule has 1 aromatic rings. The van der Waals surface area contributed by atoms with Gasteiger partial charge in [0.1, 0.15) is 11.1 Å². The molecule has 0 aromatic heterocycles. The Labute approximate surface area is 132 Å². The molecule has 0 heterocycles. The largest absolute Gasteiger partial charge is 0.468 e. The average Bonchev–Trinajstić information content (AvgIpc) is 2.42. The number of nitrogens with one attached hydrogen (secondary N) is 1. The molecule has 1 rings (SSSR count). The smallest absolute Gasteiger partial charge is 0.318 e. The number of halogens is 2. The number of anilines is 1. The van der Waals surface area contributed by atoms with Crippen LogP contribution in [0.3, 0.4) is 0 Å². The number of methoxy groups -OCH3 is 1. The topological polar surface area (TPSA) is 55.4 Å². The molecule has 21 heavy (non-hydrogen) atoms. The second-order valence-corrected chi connectivity index (χ2v) is 6.48. The molecule has 0 aliphatic carbocycles. The van der Waals surface area contributed by atoms with Gasteiger partial charge in [-0.25, -0.2) is 4.39 Å². The van der Waals surface area contributed by atoms with Crippen LogP contribution in [-0.4, -0.2) is 24.2 Å². The molecule has 116 valence electrons. The van der Waals surface area contributed by atoms with E-state index in [1.165, 1.54) is 13.2 Å². The van der Waals surface area contributed by atoms with E-state index in [0.717, 1.165) is 17.8 Å². The van der Waals surface area contributed by atoms with Gasteiger partial charge in [0.15, 0.2) is 0 Å². The fourth-order valence-corrected chi connectivity index (χ4v) is 2.61. The summed E-state index contributed by atoms with van der Waals surface area (Å²) in [4.78, 5) is 23.6. The van der Waals surface area contributed by atoms with Gasteiger partial charge in [0.2, 0.25) is 5.91 Å². The van der Waals surface area contributed by atoms with Crippen LogP contribution in [0.15, 0.2) is 17.0 Å². The molecule has 1 aromatic carbocycles. The number of carbonyl (C=O) groups excluding carboxylic acids is 2. The predicted octanol–water partition coefficient (Wildman–Crippen LogP) is 3.73. The van der Waals surface area contributed by atoms with Gasteiger partial charge in [-0.15, -0.1) is 11.8 Å². The van der Waals surface area contributed by atoms with Crippen molar-refractivity contribution in [3.63, 3.8) is 0 Å². The molecule has 0 bridgehead atoms. The first-order chi connectivity index (χ1) is 9.76. The van der Waals surface area contributed by atoms with E-state index >= 15 is 0 Å². The number of rotatable bonds is 5. The van der Waals surface area contributed by atoms with Crippen molar-refractivity contribution < 1.29 is 18.7 Å². The highest BCUT2D eigenvalue weighted by atomic mass is 35.5. The molecule has 0 radical (unpaired) electrons. The maximum atomic E-state index is 13.8. The molecule has 1 unspecified atom stereocenters. The van der Waals surface area contributed by atoms with Crippen molar-refractivity contribution in [1.82, 2.24) is 0 Å². The first kappa shape index (κ1) is 17.8. The number of hydrogen-bond donors (Lipinski definition) is 1. The third-order valence-corrected chi connectivity index (χ3v) is 4.20. The molecule has 0 aliphatic heterocycles. The van der Waals surface area contributed by atoms with Crippen LogP contribution in [0.25, 0.3) is 0 Å². The molecule has 1 N–H and O–H groups in total. The third kappa shape index (κ3) is 4.89. The Morgan fingerprint density at radius 2 is 1.95 bits per heavy atom. The summed E-state index contributed by atoms with van der Waals surface area (Å²) in [6, 6.07) is 2.53.